The van der Waals surface area contributed by atoms with Gasteiger partial charge in [0.05, 0.1) is 24.9 Å². The number of hydrogen-bond donors (Lipinski definition) is 0. The van der Waals surface area contributed by atoms with E-state index in [1.807, 2.05) is 13.0 Å². The van der Waals surface area contributed by atoms with Crippen LogP contribution in [0.5, 0.6) is 0 Å². The molecule has 1 aliphatic rings. The van der Waals surface area contributed by atoms with Crippen LogP contribution in [0.1, 0.15) is 68.2 Å². The van der Waals surface area contributed by atoms with Crippen molar-refractivity contribution in [2.45, 2.75) is 123 Å². The highest BCUT2D eigenvalue weighted by molar-refractivity contribution is 6.74. The normalized spacial score (nSPS) is 26.6. The molecule has 0 aromatic rings. The lowest BCUT2D eigenvalue weighted by atomic mass is 9.88. The number of ether oxygens (including phenoxy) is 1. The molecule has 0 spiro atoms. The van der Waals surface area contributed by atoms with E-state index in [2.05, 4.69) is 86.8 Å². The van der Waals surface area contributed by atoms with E-state index in [0.717, 1.165) is 19.1 Å². The molecule has 0 aromatic heterocycles. The molecule has 0 unspecified atom stereocenters. The van der Waals surface area contributed by atoms with Crippen molar-refractivity contribution in [2.24, 2.45) is 5.92 Å². The molecule has 4 atom stereocenters. The first kappa shape index (κ1) is 29.5. The van der Waals surface area contributed by atoms with Crippen molar-refractivity contribution in [2.75, 3.05) is 6.61 Å². The highest BCUT2D eigenvalue weighted by atomic mass is 28.4. The van der Waals surface area contributed by atoms with Gasteiger partial charge in [0.25, 0.3) is 0 Å². The summed E-state index contributed by atoms with van der Waals surface area (Å²) in [6.07, 6.45) is 9.00. The number of carbonyl (C=O) groups excluding carboxylic acids is 1. The molecule has 4 nitrogen and oxygen atoms in total. The van der Waals surface area contributed by atoms with Crippen LogP contribution in [0, 0.1) is 5.92 Å². The summed E-state index contributed by atoms with van der Waals surface area (Å²) >= 11 is 0. The molecular weight excluding hydrogens is 432 g/mol. The standard InChI is InChI=1S/C26H50O4Si2/c1-20(19-27)17-23-21(2)24(30-32(11,12)26(6,7)8)18-22(29-23)15-13-14-16-28-31(9,10)25(3,4)5/h13-14,17,19,21-24H,15-16,18H2,1-12H3/b14-13+,20-17-/t21-,22-,23+,24-/m0/s1. The zero-order valence-electron chi connectivity index (χ0n) is 22.9. The van der Waals surface area contributed by atoms with Crippen molar-refractivity contribution >= 4 is 22.9 Å². The first-order chi connectivity index (χ1) is 14.4. The molecule has 1 rings (SSSR count). The van der Waals surface area contributed by atoms with Crippen LogP contribution in [0.25, 0.3) is 0 Å². The third kappa shape index (κ3) is 8.35. The topological polar surface area (TPSA) is 44.8 Å². The quantitative estimate of drug-likeness (QED) is 0.150. The zero-order chi connectivity index (χ0) is 25.0. The molecule has 0 saturated carbocycles. The second-order valence-corrected chi connectivity index (χ2v) is 22.1. The molecule has 1 fully saturated rings. The molecule has 186 valence electrons. The fraction of sp³-hybridized carbons (Fsp3) is 0.808. The van der Waals surface area contributed by atoms with Gasteiger partial charge in [-0.25, -0.2) is 0 Å². The minimum Gasteiger partial charge on any atom is -0.413 e. The molecule has 32 heavy (non-hydrogen) atoms. The van der Waals surface area contributed by atoms with E-state index in [-0.39, 0.29) is 34.3 Å². The molecule has 6 heteroatoms. The smallest absolute Gasteiger partial charge is 0.192 e. The largest absolute Gasteiger partial charge is 0.413 e. The van der Waals surface area contributed by atoms with Gasteiger partial charge < -0.3 is 13.6 Å². The minimum atomic E-state index is -1.90. The second kappa shape index (κ2) is 11.3. The van der Waals surface area contributed by atoms with Gasteiger partial charge in [-0.3, -0.25) is 4.79 Å². The molecule has 1 saturated heterocycles. The monoisotopic (exact) mass is 482 g/mol. The van der Waals surface area contributed by atoms with Gasteiger partial charge in [-0.2, -0.15) is 0 Å². The fourth-order valence-electron chi connectivity index (χ4n) is 3.23. The molecule has 0 bridgehead atoms. The van der Waals surface area contributed by atoms with E-state index in [4.69, 9.17) is 13.6 Å². The average molecular weight is 483 g/mol. The lowest BCUT2D eigenvalue weighted by Gasteiger charge is -2.46. The number of rotatable bonds is 9. The van der Waals surface area contributed by atoms with E-state index in [1.54, 1.807) is 0 Å². The Morgan fingerprint density at radius 3 is 2.06 bits per heavy atom. The fourth-order valence-corrected chi connectivity index (χ4v) is 5.60. The summed E-state index contributed by atoms with van der Waals surface area (Å²) in [7, 11) is -3.64. The molecule has 0 radical (unpaired) electrons. The summed E-state index contributed by atoms with van der Waals surface area (Å²) in [6, 6.07) is 0. The summed E-state index contributed by atoms with van der Waals surface area (Å²) in [6.45, 7) is 27.5. The van der Waals surface area contributed by atoms with E-state index >= 15 is 0 Å². The van der Waals surface area contributed by atoms with Gasteiger partial charge in [0.1, 0.15) is 6.29 Å². The first-order valence-electron chi connectivity index (χ1n) is 12.2. The van der Waals surface area contributed by atoms with Crippen molar-refractivity contribution in [1.29, 1.82) is 0 Å². The van der Waals surface area contributed by atoms with Gasteiger partial charge in [-0.05, 0) is 67.7 Å². The van der Waals surface area contributed by atoms with Crippen LogP contribution < -0.4 is 0 Å². The molecule has 0 aromatic carbocycles. The molecule has 1 aliphatic heterocycles. The van der Waals surface area contributed by atoms with Crippen LogP contribution in [0.4, 0.5) is 0 Å². The van der Waals surface area contributed by atoms with Crippen molar-refractivity contribution in [3.05, 3.63) is 23.8 Å². The average Bonchev–Trinajstić information content (AvgIpc) is 2.62. The lowest BCUT2D eigenvalue weighted by molar-refractivity contribution is -0.108. The molecule has 0 amide bonds. The van der Waals surface area contributed by atoms with Gasteiger partial charge >= 0.3 is 0 Å². The summed E-state index contributed by atoms with van der Waals surface area (Å²) in [5, 5.41) is 0.374. The van der Waals surface area contributed by atoms with Crippen LogP contribution in [0.15, 0.2) is 23.8 Å². The van der Waals surface area contributed by atoms with Gasteiger partial charge in [0.2, 0.25) is 0 Å². The van der Waals surface area contributed by atoms with Gasteiger partial charge in [0, 0.05) is 5.92 Å². The second-order valence-electron chi connectivity index (χ2n) is 12.5. The van der Waals surface area contributed by atoms with E-state index < -0.39 is 16.6 Å². The Morgan fingerprint density at radius 1 is 1.00 bits per heavy atom. The molecule has 0 aliphatic carbocycles. The minimum absolute atomic E-state index is 0.0748. The predicted molar refractivity (Wildman–Crippen MR) is 141 cm³/mol. The van der Waals surface area contributed by atoms with Crippen molar-refractivity contribution in [1.82, 2.24) is 0 Å². The number of aldehydes is 1. The van der Waals surface area contributed by atoms with Crippen molar-refractivity contribution < 1.29 is 18.4 Å². The Balaban J connectivity index is 2.89. The third-order valence-corrected chi connectivity index (χ3v) is 16.7. The van der Waals surface area contributed by atoms with Gasteiger partial charge in [-0.1, -0.05) is 60.6 Å². The number of allylic oxidation sites excluding steroid dienone is 1. The summed E-state index contributed by atoms with van der Waals surface area (Å²) in [4.78, 5) is 11.2. The zero-order valence-corrected chi connectivity index (χ0v) is 24.9. The lowest BCUT2D eigenvalue weighted by Crippen LogP contribution is -2.51. The predicted octanol–water partition coefficient (Wildman–Crippen LogP) is 7.28. The Kier molecular flexibility index (Phi) is 10.4. The van der Waals surface area contributed by atoms with Crippen LogP contribution in [-0.4, -0.2) is 47.8 Å². The molecule has 0 N–H and O–H groups in total. The first-order valence-corrected chi connectivity index (χ1v) is 18.0. The Labute approximate surface area is 200 Å². The molecule has 1 heterocycles. The SMILES string of the molecule is C/C(C=O)=C/[C@H]1O[C@@H](C/C=C/CO[Si](C)(C)C(C)(C)C)C[C@H](O[Si](C)(C)C(C)(C)C)[C@H]1C. The highest BCUT2D eigenvalue weighted by Gasteiger charge is 2.43. The Bertz CT molecular complexity index is 668. The van der Waals surface area contributed by atoms with Crippen LogP contribution in [0.2, 0.25) is 36.3 Å². The van der Waals surface area contributed by atoms with Crippen LogP contribution >= 0.6 is 0 Å². The van der Waals surface area contributed by atoms with Gasteiger partial charge in [-0.15, -0.1) is 0 Å². The summed E-state index contributed by atoms with van der Waals surface area (Å²) in [5.74, 6) is 0.209. The van der Waals surface area contributed by atoms with E-state index in [9.17, 15) is 4.79 Å². The molecular formula is C26H50O4Si2. The van der Waals surface area contributed by atoms with Gasteiger partial charge in [0.15, 0.2) is 16.6 Å². The van der Waals surface area contributed by atoms with Crippen molar-refractivity contribution in [3.63, 3.8) is 0 Å². The van der Waals surface area contributed by atoms with E-state index in [1.165, 1.54) is 0 Å². The third-order valence-electron chi connectivity index (χ3n) is 7.73. The van der Waals surface area contributed by atoms with E-state index in [0.29, 0.717) is 12.2 Å². The Morgan fingerprint density at radius 2 is 1.56 bits per heavy atom. The highest BCUT2D eigenvalue weighted by Crippen LogP contribution is 2.41. The van der Waals surface area contributed by atoms with Crippen LogP contribution in [0.3, 0.4) is 0 Å². The summed E-state index contributed by atoms with van der Waals surface area (Å²) in [5.41, 5.74) is 0.715. The maximum atomic E-state index is 11.2. The van der Waals surface area contributed by atoms with Crippen LogP contribution in [-0.2, 0) is 18.4 Å². The number of hydrogen-bond acceptors (Lipinski definition) is 4. The number of carbonyl (C=O) groups is 1. The van der Waals surface area contributed by atoms with Crippen molar-refractivity contribution in [3.8, 4) is 0 Å². The maximum absolute atomic E-state index is 11.2. The Hall–Kier alpha value is -0.536. The maximum Gasteiger partial charge on any atom is 0.192 e. The summed E-state index contributed by atoms with van der Waals surface area (Å²) < 4.78 is 19.5.